The van der Waals surface area contributed by atoms with Gasteiger partial charge in [0, 0.05) is 5.92 Å². The highest BCUT2D eigenvalue weighted by Crippen LogP contribution is 2.31. The van der Waals surface area contributed by atoms with Crippen molar-refractivity contribution < 1.29 is 4.79 Å². The zero-order valence-corrected chi connectivity index (χ0v) is 7.55. The average Bonchev–Trinajstić information content (AvgIpc) is 2.05. The fourth-order valence-electron chi connectivity index (χ4n) is 1.95. The third kappa shape index (κ3) is 2.32. The summed E-state index contributed by atoms with van der Waals surface area (Å²) >= 11 is 0. The fourth-order valence-corrected chi connectivity index (χ4v) is 1.95. The lowest BCUT2D eigenvalue weighted by Gasteiger charge is -2.28. The summed E-state index contributed by atoms with van der Waals surface area (Å²) in [6.07, 6.45) is 5.93. The van der Waals surface area contributed by atoms with E-state index in [1.165, 1.54) is 12.8 Å². The number of carbonyl (C=O) groups excluding carboxylic acids is 1. The van der Waals surface area contributed by atoms with Crippen molar-refractivity contribution in [2.75, 3.05) is 0 Å². The number of hydrogen-bond donors (Lipinski definition) is 0. The van der Waals surface area contributed by atoms with Gasteiger partial charge in [0.2, 0.25) is 0 Å². The van der Waals surface area contributed by atoms with Crippen molar-refractivity contribution in [3.63, 3.8) is 0 Å². The van der Waals surface area contributed by atoms with E-state index < -0.39 is 0 Å². The Morgan fingerprint density at radius 2 is 1.73 bits per heavy atom. The maximum Gasteiger partial charge on any atom is 0.123 e. The molecule has 0 bridgehead atoms. The van der Waals surface area contributed by atoms with Gasteiger partial charge in [0.1, 0.15) is 6.29 Å². The minimum Gasteiger partial charge on any atom is -0.303 e. The van der Waals surface area contributed by atoms with Crippen LogP contribution < -0.4 is 0 Å². The van der Waals surface area contributed by atoms with E-state index in [-0.39, 0.29) is 0 Å². The smallest absolute Gasteiger partial charge is 0.123 e. The summed E-state index contributed by atoms with van der Waals surface area (Å²) in [6.45, 7) is 4.57. The molecule has 1 fully saturated rings. The molecule has 0 heterocycles. The normalized spacial score (nSPS) is 32.3. The molecular weight excluding hydrogens is 136 g/mol. The molecule has 0 aromatic heterocycles. The zero-order valence-electron chi connectivity index (χ0n) is 7.55. The van der Waals surface area contributed by atoms with Gasteiger partial charge in [0.25, 0.3) is 0 Å². The summed E-state index contributed by atoms with van der Waals surface area (Å²) in [5.41, 5.74) is 0. The zero-order chi connectivity index (χ0) is 8.27. The average molecular weight is 154 g/mol. The largest absolute Gasteiger partial charge is 0.303 e. The van der Waals surface area contributed by atoms with E-state index >= 15 is 0 Å². The first-order chi connectivity index (χ1) is 5.24. The maximum absolute atomic E-state index is 10.4. The van der Waals surface area contributed by atoms with Crippen LogP contribution in [0.1, 0.15) is 39.5 Å². The molecule has 0 radical (unpaired) electrons. The molecule has 0 aromatic rings. The summed E-state index contributed by atoms with van der Waals surface area (Å²) in [7, 11) is 0. The molecule has 0 aliphatic heterocycles. The van der Waals surface area contributed by atoms with Crippen molar-refractivity contribution in [2.24, 2.45) is 17.8 Å². The van der Waals surface area contributed by atoms with Crippen LogP contribution in [-0.4, -0.2) is 6.29 Å². The Morgan fingerprint density at radius 1 is 1.18 bits per heavy atom. The second-order valence-electron chi connectivity index (χ2n) is 4.05. The van der Waals surface area contributed by atoms with E-state index in [1.807, 2.05) is 0 Å². The SMILES string of the molecule is CC(C)[C@H]1CC[C@@H](C=O)CC1. The second-order valence-corrected chi connectivity index (χ2v) is 4.05. The summed E-state index contributed by atoms with van der Waals surface area (Å²) in [5, 5.41) is 0. The molecule has 0 amide bonds. The van der Waals surface area contributed by atoms with Gasteiger partial charge in [-0.25, -0.2) is 0 Å². The van der Waals surface area contributed by atoms with Crippen LogP contribution >= 0.6 is 0 Å². The topological polar surface area (TPSA) is 17.1 Å². The molecule has 1 heteroatoms. The molecule has 1 nitrogen and oxygen atoms in total. The van der Waals surface area contributed by atoms with E-state index in [1.54, 1.807) is 0 Å². The molecular formula is C10H18O. The van der Waals surface area contributed by atoms with E-state index in [0.29, 0.717) is 5.92 Å². The Balaban J connectivity index is 2.29. The predicted molar refractivity (Wildman–Crippen MR) is 46.4 cm³/mol. The van der Waals surface area contributed by atoms with Gasteiger partial charge in [0.05, 0.1) is 0 Å². The Hall–Kier alpha value is -0.330. The first-order valence-corrected chi connectivity index (χ1v) is 4.69. The molecule has 1 rings (SSSR count). The fraction of sp³-hybridized carbons (Fsp3) is 0.900. The van der Waals surface area contributed by atoms with Crippen molar-refractivity contribution in [2.45, 2.75) is 39.5 Å². The Labute approximate surface area is 69.2 Å². The molecule has 0 unspecified atom stereocenters. The molecule has 11 heavy (non-hydrogen) atoms. The standard InChI is InChI=1S/C10H18O/c1-8(2)10-5-3-9(7-11)4-6-10/h7-10H,3-6H2,1-2H3/t9-,10+. The Kier molecular flexibility index (Phi) is 3.10. The Morgan fingerprint density at radius 3 is 2.09 bits per heavy atom. The lowest BCUT2D eigenvalue weighted by Crippen LogP contribution is -2.19. The van der Waals surface area contributed by atoms with Crippen LogP contribution in [0.5, 0.6) is 0 Å². The lowest BCUT2D eigenvalue weighted by atomic mass is 9.77. The third-order valence-corrected chi connectivity index (χ3v) is 2.95. The minimum absolute atomic E-state index is 0.380. The highest BCUT2D eigenvalue weighted by Gasteiger charge is 2.22. The van der Waals surface area contributed by atoms with Gasteiger partial charge >= 0.3 is 0 Å². The van der Waals surface area contributed by atoms with Gasteiger partial charge in [-0.05, 0) is 37.5 Å². The van der Waals surface area contributed by atoms with Crippen molar-refractivity contribution in [3.8, 4) is 0 Å². The maximum atomic E-state index is 10.4. The number of aldehydes is 1. The molecule has 1 aliphatic rings. The van der Waals surface area contributed by atoms with Gasteiger partial charge in [-0.15, -0.1) is 0 Å². The number of rotatable bonds is 2. The van der Waals surface area contributed by atoms with Gasteiger partial charge in [-0.2, -0.15) is 0 Å². The monoisotopic (exact) mass is 154 g/mol. The van der Waals surface area contributed by atoms with Crippen LogP contribution in [0.4, 0.5) is 0 Å². The van der Waals surface area contributed by atoms with Crippen molar-refractivity contribution in [1.29, 1.82) is 0 Å². The van der Waals surface area contributed by atoms with Crippen LogP contribution in [0, 0.1) is 17.8 Å². The summed E-state index contributed by atoms with van der Waals surface area (Å²) in [5.74, 6) is 2.07. The highest BCUT2D eigenvalue weighted by atomic mass is 16.1. The van der Waals surface area contributed by atoms with E-state index in [0.717, 1.165) is 31.0 Å². The van der Waals surface area contributed by atoms with E-state index in [2.05, 4.69) is 13.8 Å². The molecule has 0 N–H and O–H groups in total. The van der Waals surface area contributed by atoms with Crippen molar-refractivity contribution in [3.05, 3.63) is 0 Å². The first kappa shape index (κ1) is 8.76. The predicted octanol–water partition coefficient (Wildman–Crippen LogP) is 2.65. The lowest BCUT2D eigenvalue weighted by molar-refractivity contribution is -0.112. The van der Waals surface area contributed by atoms with Gasteiger partial charge in [0.15, 0.2) is 0 Å². The number of carbonyl (C=O) groups is 1. The van der Waals surface area contributed by atoms with Gasteiger partial charge in [-0.1, -0.05) is 13.8 Å². The van der Waals surface area contributed by atoms with Gasteiger partial charge in [-0.3, -0.25) is 0 Å². The highest BCUT2D eigenvalue weighted by molar-refractivity contribution is 5.53. The van der Waals surface area contributed by atoms with Crippen LogP contribution in [0.2, 0.25) is 0 Å². The first-order valence-electron chi connectivity index (χ1n) is 4.69. The molecule has 1 saturated carbocycles. The van der Waals surface area contributed by atoms with Crippen LogP contribution in [0.25, 0.3) is 0 Å². The summed E-state index contributed by atoms with van der Waals surface area (Å²) in [4.78, 5) is 10.4. The van der Waals surface area contributed by atoms with Crippen molar-refractivity contribution >= 4 is 6.29 Å². The van der Waals surface area contributed by atoms with Crippen LogP contribution in [0.3, 0.4) is 0 Å². The Bertz CT molecular complexity index is 121. The molecule has 64 valence electrons. The summed E-state index contributed by atoms with van der Waals surface area (Å²) in [6, 6.07) is 0. The van der Waals surface area contributed by atoms with E-state index in [9.17, 15) is 4.79 Å². The molecule has 1 aliphatic carbocycles. The molecule has 0 atom stereocenters. The molecule has 0 aromatic carbocycles. The van der Waals surface area contributed by atoms with Crippen LogP contribution in [0.15, 0.2) is 0 Å². The second kappa shape index (κ2) is 3.89. The van der Waals surface area contributed by atoms with Crippen molar-refractivity contribution in [1.82, 2.24) is 0 Å². The molecule has 0 spiro atoms. The van der Waals surface area contributed by atoms with Gasteiger partial charge < -0.3 is 4.79 Å². The van der Waals surface area contributed by atoms with E-state index in [4.69, 9.17) is 0 Å². The number of hydrogen-bond acceptors (Lipinski definition) is 1. The molecule has 0 saturated heterocycles. The van der Waals surface area contributed by atoms with Crippen LogP contribution in [-0.2, 0) is 4.79 Å². The third-order valence-electron chi connectivity index (χ3n) is 2.95. The minimum atomic E-state index is 0.380. The quantitative estimate of drug-likeness (QED) is 0.559. The summed E-state index contributed by atoms with van der Waals surface area (Å²) < 4.78 is 0.